The summed E-state index contributed by atoms with van der Waals surface area (Å²) >= 11 is 7.66. The van der Waals surface area contributed by atoms with E-state index in [1.807, 2.05) is 17.2 Å². The van der Waals surface area contributed by atoms with Gasteiger partial charge in [-0.05, 0) is 50.3 Å². The molecule has 2 aliphatic rings. The highest BCUT2D eigenvalue weighted by Gasteiger charge is 2.47. The Morgan fingerprint density at radius 1 is 1.32 bits per heavy atom. The molecule has 148 valence electrons. The molecular weight excluding hydrogens is 394 g/mol. The molecule has 2 amide bonds. The fraction of sp³-hybridized carbons (Fsp3) is 0.476. The van der Waals surface area contributed by atoms with Crippen LogP contribution in [0, 0.1) is 12.8 Å². The molecular formula is C21H24ClN3O2S. The molecule has 1 N–H and O–H groups in total. The van der Waals surface area contributed by atoms with Crippen molar-refractivity contribution in [3.05, 3.63) is 50.9 Å². The summed E-state index contributed by atoms with van der Waals surface area (Å²) in [5.74, 6) is 0.214. The first-order valence-corrected chi connectivity index (χ1v) is 11.1. The molecule has 1 aromatic carbocycles. The number of amides is 2. The predicted octanol–water partition coefficient (Wildman–Crippen LogP) is 4.19. The lowest BCUT2D eigenvalue weighted by Gasteiger charge is -2.33. The monoisotopic (exact) mass is 417 g/mol. The Balaban J connectivity index is 1.54. The number of aryl methyl sites for hydroxylation is 1. The Labute approximate surface area is 174 Å². The lowest BCUT2D eigenvalue weighted by atomic mass is 9.84. The van der Waals surface area contributed by atoms with Crippen LogP contribution in [0.2, 0.25) is 5.02 Å². The van der Waals surface area contributed by atoms with Crippen molar-refractivity contribution >= 4 is 34.8 Å². The molecule has 1 saturated heterocycles. The minimum Gasteiger partial charge on any atom is -0.349 e. The minimum atomic E-state index is -0.431. The van der Waals surface area contributed by atoms with Crippen LogP contribution in [0.4, 0.5) is 0 Å². The van der Waals surface area contributed by atoms with Gasteiger partial charge in [-0.2, -0.15) is 0 Å². The van der Waals surface area contributed by atoms with Crippen molar-refractivity contribution in [3.8, 4) is 0 Å². The van der Waals surface area contributed by atoms with Gasteiger partial charge in [-0.1, -0.05) is 30.5 Å². The van der Waals surface area contributed by atoms with Gasteiger partial charge >= 0.3 is 0 Å². The second kappa shape index (κ2) is 8.21. The topological polar surface area (TPSA) is 62.3 Å². The number of carbonyl (C=O) groups excluding carboxylic acids is 2. The van der Waals surface area contributed by atoms with Crippen molar-refractivity contribution in [2.45, 2.75) is 57.7 Å². The number of hydrogen-bond donors (Lipinski definition) is 1. The normalized spacial score (nSPS) is 24.1. The molecule has 7 heteroatoms. The van der Waals surface area contributed by atoms with Gasteiger partial charge in [0.15, 0.2) is 0 Å². The maximum atomic E-state index is 13.3. The Bertz CT molecular complexity index is 884. The standard InChI is InChI=1S/C21H24ClN3O2S/c1-13-24-17(12-28-13)11-23-20(26)19-10-14-5-2-3-8-18(14)25(19)21(27)15-6-4-7-16(22)9-15/h4,6-7,9,12,14,18-19H,2-3,5,8,10-11H2,1H3,(H,23,26). The largest absolute Gasteiger partial charge is 0.349 e. The Morgan fingerprint density at radius 2 is 2.14 bits per heavy atom. The summed E-state index contributed by atoms with van der Waals surface area (Å²) in [6, 6.07) is 6.71. The molecule has 5 nitrogen and oxygen atoms in total. The number of hydrogen-bond acceptors (Lipinski definition) is 4. The molecule has 3 atom stereocenters. The van der Waals surface area contributed by atoms with Crippen LogP contribution < -0.4 is 5.32 Å². The second-order valence-corrected chi connectivity index (χ2v) is 9.16. The summed E-state index contributed by atoms with van der Waals surface area (Å²) in [6.45, 7) is 2.34. The van der Waals surface area contributed by atoms with Gasteiger partial charge in [0.1, 0.15) is 6.04 Å². The van der Waals surface area contributed by atoms with Crippen LogP contribution in [0.15, 0.2) is 29.6 Å². The third-order valence-corrected chi connectivity index (χ3v) is 6.86. The van der Waals surface area contributed by atoms with E-state index in [0.29, 0.717) is 23.0 Å². The smallest absolute Gasteiger partial charge is 0.254 e. The average molecular weight is 418 g/mol. The summed E-state index contributed by atoms with van der Waals surface area (Å²) in [7, 11) is 0. The van der Waals surface area contributed by atoms with Gasteiger partial charge in [0, 0.05) is 22.0 Å². The first-order chi connectivity index (χ1) is 13.5. The van der Waals surface area contributed by atoms with E-state index in [1.54, 1.807) is 35.6 Å². The Hall–Kier alpha value is -1.92. The van der Waals surface area contributed by atoms with Crippen LogP contribution in [-0.2, 0) is 11.3 Å². The zero-order chi connectivity index (χ0) is 19.7. The zero-order valence-electron chi connectivity index (χ0n) is 15.9. The summed E-state index contributed by atoms with van der Waals surface area (Å²) in [4.78, 5) is 32.6. The third kappa shape index (κ3) is 3.94. The fourth-order valence-corrected chi connectivity index (χ4v) is 5.34. The van der Waals surface area contributed by atoms with Crippen LogP contribution >= 0.6 is 22.9 Å². The highest BCUT2D eigenvalue weighted by molar-refractivity contribution is 7.09. The molecule has 0 bridgehead atoms. The van der Waals surface area contributed by atoms with E-state index in [2.05, 4.69) is 10.3 Å². The van der Waals surface area contributed by atoms with Gasteiger partial charge in [0.2, 0.25) is 5.91 Å². The number of halogens is 1. The molecule has 3 unspecified atom stereocenters. The van der Waals surface area contributed by atoms with E-state index >= 15 is 0 Å². The Kier molecular flexibility index (Phi) is 5.69. The van der Waals surface area contributed by atoms with Crippen molar-refractivity contribution < 1.29 is 9.59 Å². The molecule has 2 fully saturated rings. The van der Waals surface area contributed by atoms with E-state index in [0.717, 1.165) is 36.4 Å². The van der Waals surface area contributed by atoms with Crippen LogP contribution in [0.3, 0.4) is 0 Å². The number of nitrogens with zero attached hydrogens (tertiary/aromatic N) is 2. The molecule has 1 aliphatic heterocycles. The molecule has 1 aromatic heterocycles. The quantitative estimate of drug-likeness (QED) is 0.811. The first kappa shape index (κ1) is 19.4. The summed E-state index contributed by atoms with van der Waals surface area (Å²) in [5, 5.41) is 6.47. The van der Waals surface area contributed by atoms with Crippen LogP contribution in [-0.4, -0.2) is 33.8 Å². The molecule has 28 heavy (non-hydrogen) atoms. The molecule has 1 saturated carbocycles. The minimum absolute atomic E-state index is 0.0876. The van der Waals surface area contributed by atoms with Crippen LogP contribution in [0.25, 0.3) is 0 Å². The van der Waals surface area contributed by atoms with Gasteiger partial charge in [-0.3, -0.25) is 9.59 Å². The number of thiazole rings is 1. The van der Waals surface area contributed by atoms with Gasteiger partial charge < -0.3 is 10.2 Å². The van der Waals surface area contributed by atoms with E-state index < -0.39 is 6.04 Å². The van der Waals surface area contributed by atoms with Crippen LogP contribution in [0.1, 0.15) is 53.2 Å². The highest BCUT2D eigenvalue weighted by atomic mass is 35.5. The number of nitrogens with one attached hydrogen (secondary N) is 1. The third-order valence-electron chi connectivity index (χ3n) is 5.81. The Morgan fingerprint density at radius 3 is 2.89 bits per heavy atom. The van der Waals surface area contributed by atoms with Gasteiger partial charge in [0.25, 0.3) is 5.91 Å². The van der Waals surface area contributed by atoms with Crippen molar-refractivity contribution in [2.24, 2.45) is 5.92 Å². The zero-order valence-corrected chi connectivity index (χ0v) is 17.4. The van der Waals surface area contributed by atoms with Gasteiger partial charge in [-0.15, -0.1) is 11.3 Å². The van der Waals surface area contributed by atoms with E-state index in [-0.39, 0.29) is 17.9 Å². The number of benzene rings is 1. The lowest BCUT2D eigenvalue weighted by molar-refractivity contribution is -0.125. The van der Waals surface area contributed by atoms with Crippen LogP contribution in [0.5, 0.6) is 0 Å². The maximum Gasteiger partial charge on any atom is 0.254 e. The van der Waals surface area contributed by atoms with Crippen molar-refractivity contribution in [1.82, 2.24) is 15.2 Å². The van der Waals surface area contributed by atoms with Gasteiger partial charge in [0.05, 0.1) is 17.2 Å². The number of carbonyl (C=O) groups is 2. The molecule has 4 rings (SSSR count). The highest BCUT2D eigenvalue weighted by Crippen LogP contribution is 2.40. The predicted molar refractivity (Wildman–Crippen MR) is 110 cm³/mol. The number of rotatable bonds is 4. The van der Waals surface area contributed by atoms with E-state index in [1.165, 1.54) is 6.42 Å². The van der Waals surface area contributed by atoms with Crippen molar-refractivity contribution in [1.29, 1.82) is 0 Å². The first-order valence-electron chi connectivity index (χ1n) is 9.80. The molecule has 1 aliphatic carbocycles. The molecule has 0 radical (unpaired) electrons. The SMILES string of the molecule is Cc1nc(CNC(=O)C2CC3CCCCC3N2C(=O)c2cccc(Cl)c2)cs1. The number of likely N-dealkylation sites (tertiary alicyclic amines) is 1. The molecule has 2 aromatic rings. The summed E-state index contributed by atoms with van der Waals surface area (Å²) in [5.41, 5.74) is 1.41. The maximum absolute atomic E-state index is 13.3. The fourth-order valence-electron chi connectivity index (χ4n) is 4.54. The van der Waals surface area contributed by atoms with Crippen molar-refractivity contribution in [3.63, 3.8) is 0 Å². The summed E-state index contributed by atoms with van der Waals surface area (Å²) < 4.78 is 0. The second-order valence-electron chi connectivity index (χ2n) is 7.66. The van der Waals surface area contributed by atoms with Crippen molar-refractivity contribution in [2.75, 3.05) is 0 Å². The van der Waals surface area contributed by atoms with E-state index in [4.69, 9.17) is 11.6 Å². The molecule has 2 heterocycles. The molecule has 0 spiro atoms. The average Bonchev–Trinajstić information content (AvgIpc) is 3.29. The number of aromatic nitrogens is 1. The number of fused-ring (bicyclic) bond motifs is 1. The lowest BCUT2D eigenvalue weighted by Crippen LogP contribution is -2.49. The van der Waals surface area contributed by atoms with Gasteiger partial charge in [-0.25, -0.2) is 4.98 Å². The summed E-state index contributed by atoms with van der Waals surface area (Å²) in [6.07, 6.45) is 5.06. The van der Waals surface area contributed by atoms with E-state index in [9.17, 15) is 9.59 Å².